The van der Waals surface area contributed by atoms with Crippen molar-refractivity contribution in [1.29, 1.82) is 0 Å². The summed E-state index contributed by atoms with van der Waals surface area (Å²) in [7, 11) is -6.44. The van der Waals surface area contributed by atoms with Crippen molar-refractivity contribution < 1.29 is 51.4 Å². The van der Waals surface area contributed by atoms with Crippen LogP contribution in [0.15, 0.2) is 11.5 Å². The Morgan fingerprint density at radius 1 is 1.41 bits per heavy atom. The maximum atomic E-state index is 12.3. The summed E-state index contributed by atoms with van der Waals surface area (Å²) in [5.41, 5.74) is 1.43. The highest BCUT2D eigenvalue weighted by Gasteiger charge is 2.57. The van der Waals surface area contributed by atoms with Crippen LogP contribution in [0.4, 0.5) is 0 Å². The predicted molar refractivity (Wildman–Crippen MR) is 93.8 cm³/mol. The molecule has 0 aromatic heterocycles. The Morgan fingerprint density at radius 3 is 2.48 bits per heavy atom. The summed E-state index contributed by atoms with van der Waals surface area (Å²) in [6.07, 6.45) is -4.70. The summed E-state index contributed by atoms with van der Waals surface area (Å²) in [6.45, 7) is -0.794. The molecule has 0 bridgehead atoms. The Bertz CT molecular complexity index is 682. The Morgan fingerprint density at radius 2 is 2.00 bits per heavy atom. The monoisotopic (exact) mass is 451 g/mol. The first kappa shape index (κ1) is 24.4. The first-order chi connectivity index (χ1) is 12.3. The Balaban J connectivity index is 3.21. The Hall–Kier alpha value is -0.620. The van der Waals surface area contributed by atoms with Gasteiger partial charge in [-0.25, -0.2) is 5.48 Å². The van der Waals surface area contributed by atoms with Crippen LogP contribution in [0, 0.1) is 5.92 Å². The van der Waals surface area contributed by atoms with E-state index in [1.807, 2.05) is 0 Å². The highest BCUT2D eigenvalue weighted by molar-refractivity contribution is 7.87. The van der Waals surface area contributed by atoms with Gasteiger partial charge < -0.3 is 25.2 Å². The summed E-state index contributed by atoms with van der Waals surface area (Å²) in [6, 6.07) is 0. The molecule has 1 amide bonds. The van der Waals surface area contributed by atoms with Crippen molar-refractivity contribution in [3.8, 4) is 0 Å². The van der Waals surface area contributed by atoms with Gasteiger partial charge in [-0.15, -0.1) is 16.9 Å². The van der Waals surface area contributed by atoms with E-state index in [0.717, 1.165) is 0 Å². The number of aliphatic hydroxyl groups excluding tert-OH is 4. The molecule has 0 aromatic rings. The van der Waals surface area contributed by atoms with Crippen molar-refractivity contribution in [2.75, 3.05) is 12.9 Å². The van der Waals surface area contributed by atoms with Gasteiger partial charge in [0.05, 0.1) is 12.5 Å². The van der Waals surface area contributed by atoms with E-state index in [0.29, 0.717) is 0 Å². The van der Waals surface area contributed by atoms with E-state index >= 15 is 0 Å². The lowest BCUT2D eigenvalue weighted by Gasteiger charge is -2.48. The molecule has 15 heteroatoms. The van der Waals surface area contributed by atoms with Crippen LogP contribution in [0.3, 0.4) is 0 Å². The predicted octanol–water partition coefficient (Wildman–Crippen LogP) is -3.16. The molecule has 12 nitrogen and oxygen atoms in total. The lowest BCUT2D eigenvalue weighted by atomic mass is 9.85. The van der Waals surface area contributed by atoms with Gasteiger partial charge in [-0.1, -0.05) is 6.08 Å². The normalized spacial score (nSPS) is 34.3. The third kappa shape index (κ3) is 6.45. The van der Waals surface area contributed by atoms with E-state index < -0.39 is 69.0 Å². The topological polar surface area (TPSA) is 200 Å². The molecule has 1 rings (SSSR count). The molecule has 7 atom stereocenters. The molecule has 27 heavy (non-hydrogen) atoms. The van der Waals surface area contributed by atoms with Crippen LogP contribution in [0.2, 0.25) is 0 Å². The second kappa shape index (κ2) is 9.73. The van der Waals surface area contributed by atoms with Gasteiger partial charge in [0.1, 0.15) is 24.4 Å². The van der Waals surface area contributed by atoms with Gasteiger partial charge in [-0.2, -0.15) is 8.42 Å². The number of thiol groups is 1. The minimum absolute atomic E-state index is 0.332. The van der Waals surface area contributed by atoms with Gasteiger partial charge >= 0.3 is 10.4 Å². The van der Waals surface area contributed by atoms with Crippen molar-refractivity contribution in [3.63, 3.8) is 0 Å². The smallest absolute Gasteiger partial charge is 0.394 e. The second-order valence-corrected chi connectivity index (χ2v) is 8.64. The van der Waals surface area contributed by atoms with E-state index in [1.165, 1.54) is 23.2 Å². The Labute approximate surface area is 162 Å². The highest BCUT2D eigenvalue weighted by atomic mass is 32.3. The molecule has 0 aromatic carbocycles. The minimum atomic E-state index is -5.04. The summed E-state index contributed by atoms with van der Waals surface area (Å²) < 4.78 is 50.1. The van der Waals surface area contributed by atoms with Gasteiger partial charge in [-0.3, -0.25) is 13.6 Å². The molecule has 0 spiro atoms. The largest absolute Gasteiger partial charge is 0.418 e. The third-order valence-corrected chi connectivity index (χ3v) is 5.27. The number of carbonyl (C=O) groups excluding carboxylic acids is 1. The third-order valence-electron chi connectivity index (χ3n) is 3.72. The van der Waals surface area contributed by atoms with Gasteiger partial charge in [-0.05, 0) is 11.8 Å². The van der Waals surface area contributed by atoms with Gasteiger partial charge in [0.25, 0.3) is 5.91 Å². The minimum Gasteiger partial charge on any atom is -0.394 e. The number of nitrogens with one attached hydrogen (secondary N) is 1. The molecule has 6 N–H and O–H groups in total. The van der Waals surface area contributed by atoms with Crippen LogP contribution < -0.4 is 5.48 Å². The molecule has 0 aliphatic carbocycles. The zero-order valence-electron chi connectivity index (χ0n) is 13.9. The zero-order valence-corrected chi connectivity index (χ0v) is 16.4. The number of amides is 1. The molecule has 1 heterocycles. The van der Waals surface area contributed by atoms with Crippen molar-refractivity contribution >= 4 is 39.7 Å². The first-order valence-electron chi connectivity index (χ1n) is 7.33. The molecular formula is C12H21NO11S3. The Kier molecular flexibility index (Phi) is 8.80. The van der Waals surface area contributed by atoms with Crippen LogP contribution in [-0.2, 0) is 35.0 Å². The second-order valence-electron chi connectivity index (χ2n) is 5.65. The fourth-order valence-electron chi connectivity index (χ4n) is 2.42. The number of hydrogen-bond donors (Lipinski definition) is 7. The highest BCUT2D eigenvalue weighted by Crippen LogP contribution is 2.41. The van der Waals surface area contributed by atoms with Crippen molar-refractivity contribution in [2.45, 2.75) is 35.8 Å². The lowest BCUT2D eigenvalue weighted by Crippen LogP contribution is -2.66. The van der Waals surface area contributed by atoms with E-state index in [2.05, 4.69) is 16.9 Å². The van der Waals surface area contributed by atoms with Gasteiger partial charge in [0.2, 0.25) is 0 Å². The number of ether oxygens (including phenoxy) is 1. The molecule has 0 saturated carbocycles. The average Bonchev–Trinajstić information content (AvgIpc) is 2.57. The van der Waals surface area contributed by atoms with E-state index in [1.54, 1.807) is 0 Å². The number of hydrogen-bond acceptors (Lipinski definition) is 11. The number of carbonyl (C=O) groups is 1. The fraction of sp³-hybridized carbons (Fsp3) is 0.750. The summed E-state index contributed by atoms with van der Waals surface area (Å²) in [5, 5.41) is 40.5. The number of aliphatic hydroxyl groups is 4. The van der Waals surface area contributed by atoms with Crippen molar-refractivity contribution in [1.82, 2.24) is 5.48 Å². The molecule has 158 valence electrons. The van der Waals surface area contributed by atoms with Crippen LogP contribution in [-0.4, -0.2) is 85.7 Å². The van der Waals surface area contributed by atoms with Crippen LogP contribution in [0.25, 0.3) is 0 Å². The molecule has 0 radical (unpaired) electrons. The molecule has 1 aliphatic heterocycles. The molecule has 1 saturated heterocycles. The van der Waals surface area contributed by atoms with Crippen LogP contribution >= 0.6 is 12.6 Å². The summed E-state index contributed by atoms with van der Waals surface area (Å²) in [4.78, 5) is 10.1. The average molecular weight is 451 g/mol. The quantitative estimate of drug-likeness (QED) is 0.112. The van der Waals surface area contributed by atoms with Gasteiger partial charge in [0.15, 0.2) is 4.93 Å². The zero-order chi connectivity index (χ0) is 21.0. The summed E-state index contributed by atoms with van der Waals surface area (Å²) >= 11 is 4.09. The molecule has 1 fully saturated rings. The van der Waals surface area contributed by atoms with Crippen molar-refractivity contribution in [3.05, 3.63) is 11.5 Å². The van der Waals surface area contributed by atoms with E-state index in [9.17, 15) is 37.8 Å². The molecule has 2 unspecified atom stereocenters. The fourth-order valence-corrected chi connectivity index (χ4v) is 3.50. The summed E-state index contributed by atoms with van der Waals surface area (Å²) in [5.74, 6) is -2.82. The first-order valence-corrected chi connectivity index (χ1v) is 10.8. The molecule has 1 aliphatic rings. The van der Waals surface area contributed by atoms with Crippen LogP contribution in [0.5, 0.6) is 0 Å². The number of rotatable bonds is 8. The maximum absolute atomic E-state index is 12.3. The van der Waals surface area contributed by atoms with Gasteiger partial charge in [0, 0.05) is 17.1 Å². The van der Waals surface area contributed by atoms with E-state index in [-0.39, 0.29) is 6.42 Å². The number of hydroxylamine groups is 1. The number of allylic oxidation sites excluding steroid dienone is 1. The lowest BCUT2D eigenvalue weighted by molar-refractivity contribution is -0.253. The maximum Gasteiger partial charge on any atom is 0.418 e. The van der Waals surface area contributed by atoms with Crippen LogP contribution in [0.1, 0.15) is 6.42 Å². The van der Waals surface area contributed by atoms with E-state index in [4.69, 9.17) is 9.29 Å². The standard InChI is InChI=1S/C12H21NO11S3/c1-26(19)4-2-3-6(11(18)13-24-27(20,21)22)12(25)10(17)9(16)8(15)7(5-14)23-12/h2,4,6-10,14-17,25H,3,5H2,1H3,(H,13,18)(H,20,21,22)/b4-2+/t6?,7-,8-,9+,10-,12+,26?/m1/s1. The SMILES string of the molecule is CS(=O)/C=C/CC(C(=O)NOS(=O)(=O)O)[C@@]1(S)O[C@H](CO)[C@@H](O)[C@H](O)[C@H]1O. The molecular weight excluding hydrogens is 430 g/mol. The van der Waals surface area contributed by atoms with Crippen molar-refractivity contribution in [2.24, 2.45) is 5.92 Å².